The number of carbonyl (C=O) groups excluding carboxylic acids is 1. The molecule has 0 radical (unpaired) electrons. The Kier molecular flexibility index (Phi) is 3.73. The third-order valence-electron chi connectivity index (χ3n) is 4.01. The van der Waals surface area contributed by atoms with E-state index in [9.17, 15) is 22.8 Å². The molecule has 3 unspecified atom stereocenters. The third kappa shape index (κ3) is 3.39. The smallest absolute Gasteiger partial charge is 0.391 e. The number of rotatable bonds is 4. The number of hydrogen-bond donors (Lipinski definition) is 2. The SMILES string of the molecule is O=C(O)C(CC(F)(F)F)NC(=O)C1C2CCCCC21. The summed E-state index contributed by atoms with van der Waals surface area (Å²) in [5.74, 6) is -1.97. The molecule has 2 N–H and O–H groups in total. The van der Waals surface area contributed by atoms with Gasteiger partial charge in [0.25, 0.3) is 0 Å². The van der Waals surface area contributed by atoms with Crippen LogP contribution in [0.1, 0.15) is 32.1 Å². The summed E-state index contributed by atoms with van der Waals surface area (Å²) in [7, 11) is 0. The lowest BCUT2D eigenvalue weighted by Gasteiger charge is -2.16. The fourth-order valence-electron chi connectivity index (χ4n) is 3.08. The second-order valence-electron chi connectivity index (χ2n) is 5.36. The van der Waals surface area contributed by atoms with Crippen molar-refractivity contribution >= 4 is 11.9 Å². The first-order valence-corrected chi connectivity index (χ1v) is 6.39. The highest BCUT2D eigenvalue weighted by atomic mass is 19.4. The molecule has 2 aliphatic rings. The van der Waals surface area contributed by atoms with Crippen LogP contribution in [0.5, 0.6) is 0 Å². The number of carboxylic acid groups (broad SMARTS) is 1. The van der Waals surface area contributed by atoms with E-state index < -0.39 is 30.5 Å². The lowest BCUT2D eigenvalue weighted by molar-refractivity contribution is -0.160. The monoisotopic (exact) mass is 279 g/mol. The first-order valence-electron chi connectivity index (χ1n) is 6.39. The number of carbonyl (C=O) groups is 2. The van der Waals surface area contributed by atoms with Crippen LogP contribution in [0, 0.1) is 17.8 Å². The van der Waals surface area contributed by atoms with Crippen LogP contribution in [0.25, 0.3) is 0 Å². The summed E-state index contributed by atoms with van der Waals surface area (Å²) < 4.78 is 36.6. The van der Waals surface area contributed by atoms with Gasteiger partial charge >= 0.3 is 12.1 Å². The average Bonchev–Trinajstić information content (AvgIpc) is 3.00. The van der Waals surface area contributed by atoms with Gasteiger partial charge in [-0.1, -0.05) is 12.8 Å². The molecule has 0 aliphatic heterocycles. The topological polar surface area (TPSA) is 66.4 Å². The van der Waals surface area contributed by atoms with Crippen molar-refractivity contribution in [1.29, 1.82) is 0 Å². The van der Waals surface area contributed by atoms with E-state index in [0.29, 0.717) is 0 Å². The van der Waals surface area contributed by atoms with Gasteiger partial charge in [-0.05, 0) is 24.7 Å². The fourth-order valence-corrected chi connectivity index (χ4v) is 3.08. The zero-order chi connectivity index (χ0) is 14.2. The highest BCUT2D eigenvalue weighted by Gasteiger charge is 2.55. The number of hydrogen-bond acceptors (Lipinski definition) is 2. The molecule has 0 aromatic heterocycles. The summed E-state index contributed by atoms with van der Waals surface area (Å²) >= 11 is 0. The predicted octanol–water partition coefficient (Wildman–Crippen LogP) is 1.94. The molecule has 0 spiro atoms. The van der Waals surface area contributed by atoms with Gasteiger partial charge in [-0.25, -0.2) is 4.79 Å². The van der Waals surface area contributed by atoms with Crippen LogP contribution >= 0.6 is 0 Å². The Bertz CT molecular complexity index is 371. The maximum absolute atomic E-state index is 12.2. The molecule has 4 nitrogen and oxygen atoms in total. The van der Waals surface area contributed by atoms with E-state index in [-0.39, 0.29) is 17.8 Å². The largest absolute Gasteiger partial charge is 0.480 e. The number of amides is 1. The van der Waals surface area contributed by atoms with E-state index in [1.165, 1.54) is 0 Å². The van der Waals surface area contributed by atoms with Crippen molar-refractivity contribution in [2.75, 3.05) is 0 Å². The van der Waals surface area contributed by atoms with Crippen molar-refractivity contribution in [1.82, 2.24) is 5.32 Å². The number of alkyl halides is 3. The van der Waals surface area contributed by atoms with E-state index in [4.69, 9.17) is 5.11 Å². The molecule has 2 saturated carbocycles. The molecule has 0 heterocycles. The molecule has 108 valence electrons. The molecule has 19 heavy (non-hydrogen) atoms. The van der Waals surface area contributed by atoms with Gasteiger partial charge in [-0.2, -0.15) is 13.2 Å². The van der Waals surface area contributed by atoms with Gasteiger partial charge in [-0.3, -0.25) is 4.79 Å². The molecule has 0 aromatic carbocycles. The summed E-state index contributed by atoms with van der Waals surface area (Å²) in [6, 6.07) is -1.88. The molecule has 2 rings (SSSR count). The van der Waals surface area contributed by atoms with Crippen molar-refractivity contribution in [3.8, 4) is 0 Å². The second-order valence-corrected chi connectivity index (χ2v) is 5.36. The first kappa shape index (κ1) is 14.1. The Morgan fingerprint density at radius 1 is 1.21 bits per heavy atom. The van der Waals surface area contributed by atoms with Gasteiger partial charge in [-0.15, -0.1) is 0 Å². The van der Waals surface area contributed by atoms with Crippen LogP contribution in [0.4, 0.5) is 13.2 Å². The van der Waals surface area contributed by atoms with Crippen molar-refractivity contribution in [3.63, 3.8) is 0 Å². The quantitative estimate of drug-likeness (QED) is 0.826. The fraction of sp³-hybridized carbons (Fsp3) is 0.833. The van der Waals surface area contributed by atoms with Gasteiger partial charge < -0.3 is 10.4 Å². The van der Waals surface area contributed by atoms with Crippen molar-refractivity contribution in [2.45, 2.75) is 44.3 Å². The van der Waals surface area contributed by atoms with E-state index >= 15 is 0 Å². The van der Waals surface area contributed by atoms with Crippen LogP contribution in [0.3, 0.4) is 0 Å². The minimum Gasteiger partial charge on any atom is -0.480 e. The number of halogens is 3. The van der Waals surface area contributed by atoms with Crippen LogP contribution < -0.4 is 5.32 Å². The zero-order valence-electron chi connectivity index (χ0n) is 10.2. The summed E-state index contributed by atoms with van der Waals surface area (Å²) in [6.45, 7) is 0. The highest BCUT2D eigenvalue weighted by molar-refractivity contribution is 5.87. The lowest BCUT2D eigenvalue weighted by atomic mass is 10.0. The number of carboxylic acids is 1. The molecule has 1 amide bonds. The van der Waals surface area contributed by atoms with Gasteiger partial charge in [0.15, 0.2) is 0 Å². The molecular weight excluding hydrogens is 263 g/mol. The summed E-state index contributed by atoms with van der Waals surface area (Å²) in [4.78, 5) is 22.6. The van der Waals surface area contributed by atoms with E-state index in [1.54, 1.807) is 0 Å². The van der Waals surface area contributed by atoms with Crippen molar-refractivity contribution < 1.29 is 27.9 Å². The van der Waals surface area contributed by atoms with E-state index in [1.807, 2.05) is 5.32 Å². The van der Waals surface area contributed by atoms with Gasteiger partial charge in [0.2, 0.25) is 5.91 Å². The number of nitrogens with one attached hydrogen (secondary N) is 1. The van der Waals surface area contributed by atoms with Crippen molar-refractivity contribution in [3.05, 3.63) is 0 Å². The Balaban J connectivity index is 1.91. The average molecular weight is 279 g/mol. The summed E-state index contributed by atoms with van der Waals surface area (Å²) in [6.07, 6.45) is -2.23. The maximum Gasteiger partial charge on any atom is 0.391 e. The van der Waals surface area contributed by atoms with Gasteiger partial charge in [0.05, 0.1) is 6.42 Å². The summed E-state index contributed by atoms with van der Waals surface area (Å²) in [5, 5.41) is 10.8. The van der Waals surface area contributed by atoms with E-state index in [0.717, 1.165) is 25.7 Å². The molecule has 0 bridgehead atoms. The van der Waals surface area contributed by atoms with Crippen LogP contribution in [-0.2, 0) is 9.59 Å². The lowest BCUT2D eigenvalue weighted by Crippen LogP contribution is -2.44. The maximum atomic E-state index is 12.2. The Hall–Kier alpha value is -1.27. The summed E-state index contributed by atoms with van der Waals surface area (Å²) in [5.41, 5.74) is 0. The molecule has 0 saturated heterocycles. The Labute approximate surface area is 108 Å². The normalized spacial score (nSPS) is 31.2. The Morgan fingerprint density at radius 2 is 1.74 bits per heavy atom. The minimum atomic E-state index is -4.60. The first-order chi connectivity index (χ1) is 8.79. The Morgan fingerprint density at radius 3 is 2.16 bits per heavy atom. The van der Waals surface area contributed by atoms with Crippen LogP contribution in [0.15, 0.2) is 0 Å². The molecular formula is C12H16F3NO3. The highest BCUT2D eigenvalue weighted by Crippen LogP contribution is 2.55. The standard InChI is InChI=1S/C12H16F3NO3/c13-12(14,15)5-8(11(18)19)16-10(17)9-6-3-1-2-4-7(6)9/h6-9H,1-5H2,(H,16,17)(H,18,19). The van der Waals surface area contributed by atoms with Crippen molar-refractivity contribution in [2.24, 2.45) is 17.8 Å². The molecule has 7 heteroatoms. The van der Waals surface area contributed by atoms with Crippen LogP contribution in [-0.4, -0.2) is 29.2 Å². The zero-order valence-corrected chi connectivity index (χ0v) is 10.2. The molecule has 0 aromatic rings. The van der Waals surface area contributed by atoms with Crippen LogP contribution in [0.2, 0.25) is 0 Å². The predicted molar refractivity (Wildman–Crippen MR) is 59.2 cm³/mol. The molecule has 2 aliphatic carbocycles. The molecule has 2 fully saturated rings. The minimum absolute atomic E-state index is 0.245. The molecule has 3 atom stereocenters. The van der Waals surface area contributed by atoms with E-state index in [2.05, 4.69) is 0 Å². The third-order valence-corrected chi connectivity index (χ3v) is 4.01. The number of aliphatic carboxylic acids is 1. The van der Waals surface area contributed by atoms with Gasteiger partial charge in [0, 0.05) is 5.92 Å². The number of fused-ring (bicyclic) bond motifs is 1. The van der Waals surface area contributed by atoms with Gasteiger partial charge in [0.1, 0.15) is 6.04 Å². The second kappa shape index (κ2) is 5.02.